The number of aliphatic imine (C=N–C) groups is 1. The maximum Gasteiger partial charge on any atom is 0.0264 e. The lowest BCUT2D eigenvalue weighted by atomic mass is 10.2. The zero-order chi connectivity index (χ0) is 7.82. The van der Waals surface area contributed by atoms with Crippen molar-refractivity contribution in [3.05, 3.63) is 24.4 Å². The molecule has 0 radical (unpaired) electrons. The lowest BCUT2D eigenvalue weighted by molar-refractivity contribution is 0.833. The summed E-state index contributed by atoms with van der Waals surface area (Å²) >= 11 is 0. The van der Waals surface area contributed by atoms with Crippen LogP contribution in [0.2, 0.25) is 0 Å². The van der Waals surface area contributed by atoms with E-state index in [9.17, 15) is 0 Å². The number of rotatable bonds is 3. The van der Waals surface area contributed by atoms with Gasteiger partial charge in [0, 0.05) is 12.4 Å². The second kappa shape index (κ2) is 6.27. The van der Waals surface area contributed by atoms with E-state index in [0.29, 0.717) is 5.92 Å². The molecule has 0 N–H and O–H groups in total. The molecular weight excluding hydrogens is 122 g/mol. The molecule has 0 aliphatic heterocycles. The van der Waals surface area contributed by atoms with Gasteiger partial charge in [-0.2, -0.15) is 0 Å². The first-order valence-electron chi connectivity index (χ1n) is 3.58. The molecule has 0 heterocycles. The van der Waals surface area contributed by atoms with Gasteiger partial charge < -0.3 is 0 Å². The summed E-state index contributed by atoms with van der Waals surface area (Å²) in [4.78, 5) is 3.97. The fourth-order valence-electron chi connectivity index (χ4n) is 0.457. The Labute approximate surface area is 63.2 Å². The number of hydrogen-bond acceptors (Lipinski definition) is 1. The first kappa shape index (κ1) is 9.15. The van der Waals surface area contributed by atoms with Crippen molar-refractivity contribution in [1.82, 2.24) is 0 Å². The number of nitrogens with zero attached hydrogens (tertiary/aromatic N) is 1. The van der Waals surface area contributed by atoms with E-state index >= 15 is 0 Å². The third-order valence-corrected chi connectivity index (χ3v) is 0.903. The average Bonchev–Trinajstić information content (AvgIpc) is 1.87. The lowest BCUT2D eigenvalue weighted by Gasteiger charge is -1.87. The largest absolute Gasteiger partial charge is 0.265 e. The Morgan fingerprint density at radius 2 is 2.00 bits per heavy atom. The predicted octanol–water partition coefficient (Wildman–Crippen LogP) is 2.80. The summed E-state index contributed by atoms with van der Waals surface area (Å²) in [5.74, 6) is 0.608. The SMILES string of the molecule is C\C=C/N=C\C=C/C(C)C. The fourth-order valence-corrected chi connectivity index (χ4v) is 0.457. The van der Waals surface area contributed by atoms with Gasteiger partial charge in [0.1, 0.15) is 0 Å². The molecule has 0 aromatic carbocycles. The molecule has 0 aliphatic carbocycles. The van der Waals surface area contributed by atoms with E-state index in [1.165, 1.54) is 0 Å². The smallest absolute Gasteiger partial charge is 0.0264 e. The van der Waals surface area contributed by atoms with Gasteiger partial charge >= 0.3 is 0 Å². The minimum Gasteiger partial charge on any atom is -0.265 e. The Morgan fingerprint density at radius 1 is 1.30 bits per heavy atom. The van der Waals surface area contributed by atoms with Crippen molar-refractivity contribution in [2.75, 3.05) is 0 Å². The van der Waals surface area contributed by atoms with Crippen LogP contribution in [0.3, 0.4) is 0 Å². The topological polar surface area (TPSA) is 12.4 Å². The molecule has 0 aromatic rings. The average molecular weight is 137 g/mol. The van der Waals surface area contributed by atoms with Crippen molar-refractivity contribution in [2.45, 2.75) is 20.8 Å². The van der Waals surface area contributed by atoms with Crippen LogP contribution in [0.4, 0.5) is 0 Å². The minimum atomic E-state index is 0.608. The van der Waals surface area contributed by atoms with Gasteiger partial charge in [0.05, 0.1) is 0 Å². The quantitative estimate of drug-likeness (QED) is 0.530. The molecule has 0 saturated carbocycles. The standard InChI is InChI=1S/C9H15N/c1-4-7-10-8-5-6-9(2)3/h4-9H,1-3H3/b6-5-,7-4-,10-8-. The molecule has 56 valence electrons. The monoisotopic (exact) mass is 137 g/mol. The van der Waals surface area contributed by atoms with Crippen molar-refractivity contribution >= 4 is 6.21 Å². The minimum absolute atomic E-state index is 0.608. The van der Waals surface area contributed by atoms with E-state index in [1.54, 1.807) is 12.4 Å². The fraction of sp³-hybridized carbons (Fsp3) is 0.444. The Morgan fingerprint density at radius 3 is 2.50 bits per heavy atom. The highest BCUT2D eigenvalue weighted by atomic mass is 14.6. The molecule has 0 atom stereocenters. The van der Waals surface area contributed by atoms with Crippen LogP contribution < -0.4 is 0 Å². The van der Waals surface area contributed by atoms with Crippen molar-refractivity contribution in [2.24, 2.45) is 10.9 Å². The summed E-state index contributed by atoms with van der Waals surface area (Å²) in [5.41, 5.74) is 0. The van der Waals surface area contributed by atoms with Gasteiger partial charge in [0.15, 0.2) is 0 Å². The lowest BCUT2D eigenvalue weighted by Crippen LogP contribution is -1.76. The summed E-state index contributed by atoms with van der Waals surface area (Å²) in [7, 11) is 0. The molecule has 1 heteroatoms. The summed E-state index contributed by atoms with van der Waals surface area (Å²) < 4.78 is 0. The van der Waals surface area contributed by atoms with Crippen LogP contribution in [-0.4, -0.2) is 6.21 Å². The van der Waals surface area contributed by atoms with Crippen LogP contribution in [0.15, 0.2) is 29.4 Å². The van der Waals surface area contributed by atoms with Crippen molar-refractivity contribution in [3.8, 4) is 0 Å². The van der Waals surface area contributed by atoms with E-state index in [0.717, 1.165) is 0 Å². The van der Waals surface area contributed by atoms with Gasteiger partial charge in [-0.25, -0.2) is 0 Å². The van der Waals surface area contributed by atoms with Gasteiger partial charge in [0.2, 0.25) is 0 Å². The van der Waals surface area contributed by atoms with Gasteiger partial charge in [-0.1, -0.05) is 26.0 Å². The summed E-state index contributed by atoms with van der Waals surface area (Å²) in [6.07, 6.45) is 9.53. The maximum atomic E-state index is 3.97. The second-order valence-corrected chi connectivity index (χ2v) is 2.41. The predicted molar refractivity (Wildman–Crippen MR) is 47.3 cm³/mol. The van der Waals surface area contributed by atoms with Crippen LogP contribution in [0.25, 0.3) is 0 Å². The zero-order valence-electron chi connectivity index (χ0n) is 6.91. The first-order valence-corrected chi connectivity index (χ1v) is 3.58. The Balaban J connectivity index is 3.51. The highest BCUT2D eigenvalue weighted by molar-refractivity contribution is 5.71. The van der Waals surface area contributed by atoms with Crippen LogP contribution in [0.5, 0.6) is 0 Å². The van der Waals surface area contributed by atoms with Gasteiger partial charge in [-0.3, -0.25) is 4.99 Å². The zero-order valence-corrected chi connectivity index (χ0v) is 6.91. The van der Waals surface area contributed by atoms with Crippen molar-refractivity contribution in [1.29, 1.82) is 0 Å². The van der Waals surface area contributed by atoms with Gasteiger partial charge in [0.25, 0.3) is 0 Å². The highest BCUT2D eigenvalue weighted by Gasteiger charge is 1.78. The number of allylic oxidation sites excluding steroid dienone is 3. The molecule has 0 fully saturated rings. The highest BCUT2D eigenvalue weighted by Crippen LogP contribution is 1.91. The molecule has 0 aromatic heterocycles. The third kappa shape index (κ3) is 7.15. The molecule has 0 unspecified atom stereocenters. The molecule has 10 heavy (non-hydrogen) atoms. The Bertz CT molecular complexity index is 141. The third-order valence-electron chi connectivity index (χ3n) is 0.903. The summed E-state index contributed by atoms with van der Waals surface area (Å²) in [6, 6.07) is 0. The van der Waals surface area contributed by atoms with E-state index in [-0.39, 0.29) is 0 Å². The molecular formula is C9H15N. The van der Waals surface area contributed by atoms with Crippen LogP contribution in [0, 0.1) is 5.92 Å². The number of hydrogen-bond donors (Lipinski definition) is 0. The Hall–Kier alpha value is -0.850. The molecule has 0 rings (SSSR count). The van der Waals surface area contributed by atoms with E-state index in [4.69, 9.17) is 0 Å². The van der Waals surface area contributed by atoms with Gasteiger partial charge in [-0.15, -0.1) is 0 Å². The maximum absolute atomic E-state index is 3.97. The Kier molecular flexibility index (Phi) is 5.74. The summed E-state index contributed by atoms with van der Waals surface area (Å²) in [6.45, 7) is 6.23. The molecule has 0 bridgehead atoms. The second-order valence-electron chi connectivity index (χ2n) is 2.41. The molecule has 0 amide bonds. The first-order chi connectivity index (χ1) is 4.77. The molecule has 1 nitrogen and oxygen atoms in total. The summed E-state index contributed by atoms with van der Waals surface area (Å²) in [5, 5.41) is 0. The van der Waals surface area contributed by atoms with E-state index in [2.05, 4.69) is 24.9 Å². The van der Waals surface area contributed by atoms with Crippen molar-refractivity contribution < 1.29 is 0 Å². The van der Waals surface area contributed by atoms with E-state index < -0.39 is 0 Å². The normalized spacial score (nSPS) is 13.2. The van der Waals surface area contributed by atoms with Crippen LogP contribution in [0.1, 0.15) is 20.8 Å². The molecule has 0 spiro atoms. The van der Waals surface area contributed by atoms with Gasteiger partial charge in [-0.05, 0) is 18.9 Å². The molecule has 0 saturated heterocycles. The van der Waals surface area contributed by atoms with Crippen LogP contribution in [-0.2, 0) is 0 Å². The van der Waals surface area contributed by atoms with Crippen molar-refractivity contribution in [3.63, 3.8) is 0 Å². The van der Waals surface area contributed by atoms with Crippen LogP contribution >= 0.6 is 0 Å². The molecule has 0 aliphatic rings. The van der Waals surface area contributed by atoms with E-state index in [1.807, 2.05) is 19.1 Å².